The second-order valence-electron chi connectivity index (χ2n) is 6.44. The summed E-state index contributed by atoms with van der Waals surface area (Å²) in [6.45, 7) is 8.53. The van der Waals surface area contributed by atoms with Gasteiger partial charge in [0, 0.05) is 18.6 Å². The van der Waals surface area contributed by atoms with Gasteiger partial charge in [0.05, 0.1) is 0 Å². The molecule has 2 fully saturated rings. The highest BCUT2D eigenvalue weighted by Crippen LogP contribution is 2.29. The maximum atomic E-state index is 3.84. The molecule has 1 saturated heterocycles. The van der Waals surface area contributed by atoms with Crippen molar-refractivity contribution in [1.82, 2.24) is 10.2 Å². The van der Waals surface area contributed by atoms with E-state index in [-0.39, 0.29) is 0 Å². The fourth-order valence-corrected chi connectivity index (χ4v) is 3.75. The lowest BCUT2D eigenvalue weighted by atomic mass is 9.95. The molecule has 106 valence electrons. The van der Waals surface area contributed by atoms with Crippen molar-refractivity contribution in [1.29, 1.82) is 0 Å². The lowest BCUT2D eigenvalue weighted by Crippen LogP contribution is -2.49. The zero-order valence-electron chi connectivity index (χ0n) is 12.5. The monoisotopic (exact) mass is 252 g/mol. The van der Waals surface area contributed by atoms with Crippen LogP contribution in [0.15, 0.2) is 0 Å². The van der Waals surface area contributed by atoms with Gasteiger partial charge in [-0.3, -0.25) is 4.90 Å². The number of piperidine rings is 1. The van der Waals surface area contributed by atoms with Crippen LogP contribution in [0.1, 0.15) is 65.2 Å². The van der Waals surface area contributed by atoms with Crippen LogP contribution in [0.25, 0.3) is 0 Å². The fraction of sp³-hybridized carbons (Fsp3) is 1.00. The Morgan fingerprint density at radius 1 is 1.11 bits per heavy atom. The molecular weight excluding hydrogens is 220 g/mol. The van der Waals surface area contributed by atoms with Crippen molar-refractivity contribution in [3.63, 3.8) is 0 Å². The summed E-state index contributed by atoms with van der Waals surface area (Å²) < 4.78 is 0. The first-order chi connectivity index (χ1) is 8.81. The summed E-state index contributed by atoms with van der Waals surface area (Å²) in [4.78, 5) is 2.75. The van der Waals surface area contributed by atoms with Crippen LogP contribution >= 0.6 is 0 Å². The van der Waals surface area contributed by atoms with Crippen LogP contribution in [-0.4, -0.2) is 36.6 Å². The van der Waals surface area contributed by atoms with Crippen molar-refractivity contribution in [3.8, 4) is 0 Å². The van der Waals surface area contributed by atoms with Crippen LogP contribution in [0.3, 0.4) is 0 Å². The molecule has 1 aliphatic heterocycles. The molecule has 1 N–H and O–H groups in total. The molecular formula is C16H32N2. The predicted octanol–water partition coefficient (Wildman–Crippen LogP) is 3.42. The van der Waals surface area contributed by atoms with E-state index in [9.17, 15) is 0 Å². The lowest BCUT2D eigenvalue weighted by Gasteiger charge is -2.38. The second kappa shape index (κ2) is 7.49. The van der Waals surface area contributed by atoms with Crippen molar-refractivity contribution >= 4 is 0 Å². The predicted molar refractivity (Wildman–Crippen MR) is 78.9 cm³/mol. The van der Waals surface area contributed by atoms with E-state index >= 15 is 0 Å². The van der Waals surface area contributed by atoms with Gasteiger partial charge in [-0.05, 0) is 58.0 Å². The van der Waals surface area contributed by atoms with Gasteiger partial charge >= 0.3 is 0 Å². The van der Waals surface area contributed by atoms with Gasteiger partial charge in [-0.15, -0.1) is 0 Å². The summed E-state index contributed by atoms with van der Waals surface area (Å²) in [6, 6.07) is 1.57. The molecule has 0 amide bonds. The Bertz CT molecular complexity index is 223. The number of likely N-dealkylation sites (tertiary alicyclic amines) is 1. The van der Waals surface area contributed by atoms with Crippen LogP contribution in [0.5, 0.6) is 0 Å². The third-order valence-corrected chi connectivity index (χ3v) is 5.00. The lowest BCUT2D eigenvalue weighted by molar-refractivity contribution is 0.129. The molecule has 0 aromatic rings. The number of nitrogens with zero attached hydrogens (tertiary/aromatic N) is 1. The zero-order valence-corrected chi connectivity index (χ0v) is 12.5. The van der Waals surface area contributed by atoms with Crippen LogP contribution in [0.2, 0.25) is 0 Å². The van der Waals surface area contributed by atoms with E-state index in [0.717, 1.165) is 18.0 Å². The van der Waals surface area contributed by atoms with Gasteiger partial charge in [0.25, 0.3) is 0 Å². The quantitative estimate of drug-likeness (QED) is 0.779. The highest BCUT2D eigenvalue weighted by molar-refractivity contribution is 4.85. The van der Waals surface area contributed by atoms with Crippen molar-refractivity contribution in [2.45, 2.75) is 77.3 Å². The molecule has 2 nitrogen and oxygen atoms in total. The molecule has 0 bridgehead atoms. The van der Waals surface area contributed by atoms with Crippen LogP contribution in [-0.2, 0) is 0 Å². The fourth-order valence-electron chi connectivity index (χ4n) is 3.75. The highest BCUT2D eigenvalue weighted by atomic mass is 15.2. The van der Waals surface area contributed by atoms with Gasteiger partial charge in [-0.1, -0.05) is 26.2 Å². The van der Waals surface area contributed by atoms with Gasteiger partial charge < -0.3 is 5.32 Å². The van der Waals surface area contributed by atoms with Crippen molar-refractivity contribution < 1.29 is 0 Å². The third-order valence-electron chi connectivity index (χ3n) is 5.00. The van der Waals surface area contributed by atoms with E-state index < -0.39 is 0 Å². The van der Waals surface area contributed by atoms with Crippen LogP contribution in [0.4, 0.5) is 0 Å². The summed E-state index contributed by atoms with van der Waals surface area (Å²) >= 11 is 0. The first-order valence-electron chi connectivity index (χ1n) is 8.28. The van der Waals surface area contributed by atoms with Gasteiger partial charge in [0.2, 0.25) is 0 Å². The third kappa shape index (κ3) is 3.96. The number of nitrogens with one attached hydrogen (secondary N) is 1. The van der Waals surface area contributed by atoms with Crippen molar-refractivity contribution in [2.75, 3.05) is 19.6 Å². The maximum absolute atomic E-state index is 3.84. The van der Waals surface area contributed by atoms with E-state index in [2.05, 4.69) is 24.1 Å². The Morgan fingerprint density at radius 3 is 2.50 bits per heavy atom. The maximum Gasteiger partial charge on any atom is 0.0223 e. The summed E-state index contributed by atoms with van der Waals surface area (Å²) in [6.07, 6.45) is 11.4. The Kier molecular flexibility index (Phi) is 5.97. The van der Waals surface area contributed by atoms with Crippen molar-refractivity contribution in [3.05, 3.63) is 0 Å². The molecule has 2 rings (SSSR count). The number of rotatable bonds is 6. The van der Waals surface area contributed by atoms with Gasteiger partial charge in [-0.2, -0.15) is 0 Å². The summed E-state index contributed by atoms with van der Waals surface area (Å²) in [5.74, 6) is 0.950. The Labute approximate surface area is 114 Å². The smallest absolute Gasteiger partial charge is 0.0223 e. The van der Waals surface area contributed by atoms with E-state index in [4.69, 9.17) is 0 Å². The van der Waals surface area contributed by atoms with Crippen LogP contribution < -0.4 is 5.32 Å². The molecule has 2 heteroatoms. The topological polar surface area (TPSA) is 15.3 Å². The molecule has 0 radical (unpaired) electrons. The molecule has 2 atom stereocenters. The first-order valence-corrected chi connectivity index (χ1v) is 8.28. The van der Waals surface area contributed by atoms with Gasteiger partial charge in [0.1, 0.15) is 0 Å². The molecule has 0 spiro atoms. The Hall–Kier alpha value is -0.0800. The summed E-state index contributed by atoms with van der Waals surface area (Å²) in [5.41, 5.74) is 0. The normalized spacial score (nSPS) is 28.7. The largest absolute Gasteiger partial charge is 0.312 e. The van der Waals surface area contributed by atoms with E-state index in [1.54, 1.807) is 0 Å². The molecule has 18 heavy (non-hydrogen) atoms. The van der Waals surface area contributed by atoms with E-state index in [1.165, 1.54) is 71.0 Å². The molecule has 2 aliphatic rings. The average Bonchev–Trinajstić information content (AvgIpc) is 2.90. The molecule has 1 saturated carbocycles. The second-order valence-corrected chi connectivity index (χ2v) is 6.44. The van der Waals surface area contributed by atoms with Crippen LogP contribution in [0, 0.1) is 5.92 Å². The molecule has 1 heterocycles. The van der Waals surface area contributed by atoms with E-state index in [1.807, 2.05) is 0 Å². The minimum absolute atomic E-state index is 0.757. The molecule has 0 aromatic carbocycles. The highest BCUT2D eigenvalue weighted by Gasteiger charge is 2.28. The average molecular weight is 252 g/mol. The molecule has 0 aromatic heterocycles. The summed E-state index contributed by atoms with van der Waals surface area (Å²) in [5, 5.41) is 3.84. The van der Waals surface area contributed by atoms with E-state index in [0.29, 0.717) is 0 Å². The van der Waals surface area contributed by atoms with Gasteiger partial charge in [0.15, 0.2) is 0 Å². The molecule has 1 aliphatic carbocycles. The first kappa shape index (κ1) is 14.3. The number of hydrogen-bond acceptors (Lipinski definition) is 2. The van der Waals surface area contributed by atoms with Gasteiger partial charge in [-0.25, -0.2) is 0 Å². The zero-order chi connectivity index (χ0) is 12.8. The summed E-state index contributed by atoms with van der Waals surface area (Å²) in [7, 11) is 0. The Morgan fingerprint density at radius 2 is 1.83 bits per heavy atom. The van der Waals surface area contributed by atoms with Crippen molar-refractivity contribution in [2.24, 2.45) is 5.92 Å². The minimum atomic E-state index is 0.757. The molecule has 2 unspecified atom stereocenters. The Balaban J connectivity index is 1.86. The standard InChI is InChI=1S/C16H32N2/c1-3-11-17-16(15-9-4-5-10-15)13-18-12-7-6-8-14(18)2/h14-17H,3-13H2,1-2H3. The minimum Gasteiger partial charge on any atom is -0.312 e. The number of hydrogen-bond donors (Lipinski definition) is 1. The SMILES string of the molecule is CCCNC(CN1CCCCC1C)C1CCCC1.